The minimum Gasteiger partial charge on any atom is -0.458 e. The van der Waals surface area contributed by atoms with Crippen molar-refractivity contribution in [1.82, 2.24) is 0 Å². The molecule has 0 bridgehead atoms. The van der Waals surface area contributed by atoms with E-state index in [-0.39, 0.29) is 6.42 Å². The van der Waals surface area contributed by atoms with Crippen molar-refractivity contribution in [2.75, 3.05) is 0 Å². The van der Waals surface area contributed by atoms with E-state index in [2.05, 4.69) is 37.8 Å². The quantitative estimate of drug-likeness (QED) is 0.365. The molecule has 0 aromatic heterocycles. The van der Waals surface area contributed by atoms with Gasteiger partial charge in [-0.05, 0) is 60.8 Å². The van der Waals surface area contributed by atoms with Crippen molar-refractivity contribution in [3.05, 3.63) is 83.7 Å². The normalized spacial score (nSPS) is 19.5. The standard InChI is InChI=1S/C28H35FO2/c1-3-4-8-22-11-15-24(16-12-22)25-17-13-23(14-18-25)20-27(19-21(2)29)31-28(30)26-9-6-5-7-10-26/h5-7,9-10,13-14,17-18,22,24,27H,2-4,8,11-12,15-16,19-20H2,1H3. The Balaban J connectivity index is 1.57. The van der Waals surface area contributed by atoms with Crippen molar-refractivity contribution in [3.8, 4) is 0 Å². The third kappa shape index (κ3) is 7.34. The average molecular weight is 423 g/mol. The van der Waals surface area contributed by atoms with Gasteiger partial charge in [0.1, 0.15) is 6.10 Å². The van der Waals surface area contributed by atoms with Gasteiger partial charge in [0, 0.05) is 12.8 Å². The molecule has 0 aliphatic heterocycles. The molecule has 1 aliphatic carbocycles. The zero-order valence-corrected chi connectivity index (χ0v) is 18.7. The van der Waals surface area contributed by atoms with Crippen LogP contribution in [0.5, 0.6) is 0 Å². The number of esters is 1. The van der Waals surface area contributed by atoms with Gasteiger partial charge in [-0.1, -0.05) is 75.2 Å². The Morgan fingerprint density at radius 1 is 1.06 bits per heavy atom. The smallest absolute Gasteiger partial charge is 0.338 e. The Bertz CT molecular complexity index is 820. The molecule has 0 saturated heterocycles. The molecule has 31 heavy (non-hydrogen) atoms. The van der Waals surface area contributed by atoms with Crippen molar-refractivity contribution in [1.29, 1.82) is 0 Å². The van der Waals surface area contributed by atoms with E-state index in [0.29, 0.717) is 17.9 Å². The van der Waals surface area contributed by atoms with Crippen LogP contribution in [0.15, 0.2) is 67.0 Å². The number of carbonyl (C=O) groups is 1. The van der Waals surface area contributed by atoms with Crippen molar-refractivity contribution in [2.24, 2.45) is 5.92 Å². The fourth-order valence-electron chi connectivity index (χ4n) is 4.66. The first-order valence-corrected chi connectivity index (χ1v) is 11.7. The summed E-state index contributed by atoms with van der Waals surface area (Å²) < 4.78 is 19.1. The lowest BCUT2D eigenvalue weighted by atomic mass is 9.77. The highest BCUT2D eigenvalue weighted by Crippen LogP contribution is 2.37. The average Bonchev–Trinajstić information content (AvgIpc) is 2.78. The third-order valence-corrected chi connectivity index (χ3v) is 6.46. The second-order valence-electron chi connectivity index (χ2n) is 8.92. The van der Waals surface area contributed by atoms with E-state index in [9.17, 15) is 9.18 Å². The monoisotopic (exact) mass is 422 g/mol. The van der Waals surface area contributed by atoms with Crippen LogP contribution >= 0.6 is 0 Å². The number of rotatable bonds is 10. The molecule has 1 unspecified atom stereocenters. The lowest BCUT2D eigenvalue weighted by Gasteiger charge is -2.29. The number of unbranched alkanes of at least 4 members (excludes halogenated alkanes) is 1. The molecule has 0 N–H and O–H groups in total. The molecular formula is C28H35FO2. The molecular weight excluding hydrogens is 387 g/mol. The van der Waals surface area contributed by atoms with E-state index in [1.807, 2.05) is 6.07 Å². The summed E-state index contributed by atoms with van der Waals surface area (Å²) in [6, 6.07) is 17.4. The second kappa shape index (κ2) is 11.8. The highest BCUT2D eigenvalue weighted by Gasteiger charge is 2.22. The predicted molar refractivity (Wildman–Crippen MR) is 125 cm³/mol. The molecule has 2 aromatic carbocycles. The molecule has 2 nitrogen and oxygen atoms in total. The summed E-state index contributed by atoms with van der Waals surface area (Å²) in [4.78, 5) is 12.4. The van der Waals surface area contributed by atoms with E-state index in [4.69, 9.17) is 4.74 Å². The molecule has 0 amide bonds. The van der Waals surface area contributed by atoms with Gasteiger partial charge < -0.3 is 4.74 Å². The van der Waals surface area contributed by atoms with Crippen molar-refractivity contribution >= 4 is 5.97 Å². The van der Waals surface area contributed by atoms with E-state index in [1.165, 1.54) is 50.5 Å². The van der Waals surface area contributed by atoms with Crippen molar-refractivity contribution in [3.63, 3.8) is 0 Å². The molecule has 166 valence electrons. The van der Waals surface area contributed by atoms with Gasteiger partial charge in [0.25, 0.3) is 0 Å². The first-order chi connectivity index (χ1) is 15.0. The van der Waals surface area contributed by atoms with Gasteiger partial charge >= 0.3 is 5.97 Å². The van der Waals surface area contributed by atoms with Crippen LogP contribution in [0.3, 0.4) is 0 Å². The molecule has 1 fully saturated rings. The topological polar surface area (TPSA) is 26.3 Å². The molecule has 3 rings (SSSR count). The lowest BCUT2D eigenvalue weighted by Crippen LogP contribution is -2.21. The second-order valence-corrected chi connectivity index (χ2v) is 8.92. The van der Waals surface area contributed by atoms with Crippen LogP contribution < -0.4 is 0 Å². The number of halogens is 1. The van der Waals surface area contributed by atoms with E-state index in [1.54, 1.807) is 24.3 Å². The fraction of sp³-hybridized carbons (Fsp3) is 0.464. The van der Waals surface area contributed by atoms with E-state index in [0.717, 1.165) is 11.5 Å². The number of hydrogen-bond acceptors (Lipinski definition) is 2. The van der Waals surface area contributed by atoms with Gasteiger partial charge in [0.05, 0.1) is 11.4 Å². The predicted octanol–water partition coefficient (Wildman–Crippen LogP) is 7.79. The van der Waals surface area contributed by atoms with Crippen LogP contribution in [0.25, 0.3) is 0 Å². The zero-order chi connectivity index (χ0) is 22.1. The molecule has 3 heteroatoms. The third-order valence-electron chi connectivity index (χ3n) is 6.46. The summed E-state index contributed by atoms with van der Waals surface area (Å²) in [5.41, 5.74) is 2.92. The van der Waals surface area contributed by atoms with Gasteiger partial charge in [0.2, 0.25) is 0 Å². The fourth-order valence-corrected chi connectivity index (χ4v) is 4.66. The maximum atomic E-state index is 13.5. The Morgan fingerprint density at radius 2 is 1.74 bits per heavy atom. The SMILES string of the molecule is C=C(F)CC(Cc1ccc(C2CCC(CCCC)CC2)cc1)OC(=O)c1ccccc1. The Hall–Kier alpha value is -2.42. The van der Waals surface area contributed by atoms with Gasteiger partial charge in [-0.2, -0.15) is 0 Å². The maximum absolute atomic E-state index is 13.5. The first-order valence-electron chi connectivity index (χ1n) is 11.7. The van der Waals surface area contributed by atoms with Crippen molar-refractivity contribution < 1.29 is 13.9 Å². The lowest BCUT2D eigenvalue weighted by molar-refractivity contribution is 0.0293. The molecule has 2 aromatic rings. The molecule has 1 atom stereocenters. The molecule has 0 heterocycles. The first kappa shape index (κ1) is 23.2. The Labute approximate surface area is 186 Å². The molecule has 0 spiro atoms. The minimum atomic E-state index is -0.565. The Kier molecular flexibility index (Phi) is 8.87. The van der Waals surface area contributed by atoms with Gasteiger partial charge in [-0.25, -0.2) is 9.18 Å². The number of carbonyl (C=O) groups excluding carboxylic acids is 1. The maximum Gasteiger partial charge on any atom is 0.338 e. The summed E-state index contributed by atoms with van der Waals surface area (Å²) in [6.07, 6.45) is 9.16. The number of benzene rings is 2. The summed E-state index contributed by atoms with van der Waals surface area (Å²) in [7, 11) is 0. The molecule has 1 saturated carbocycles. The van der Waals surface area contributed by atoms with Crippen LogP contribution in [-0.4, -0.2) is 12.1 Å². The summed E-state index contributed by atoms with van der Waals surface area (Å²) in [5.74, 6) is 0.652. The number of hydrogen-bond donors (Lipinski definition) is 0. The largest absolute Gasteiger partial charge is 0.458 e. The summed E-state index contributed by atoms with van der Waals surface area (Å²) >= 11 is 0. The number of ether oxygens (including phenoxy) is 1. The molecule has 0 radical (unpaired) electrons. The van der Waals surface area contributed by atoms with Crippen LogP contribution in [-0.2, 0) is 11.2 Å². The van der Waals surface area contributed by atoms with Crippen LogP contribution in [0.1, 0.15) is 85.7 Å². The van der Waals surface area contributed by atoms with Crippen molar-refractivity contribution in [2.45, 2.75) is 76.7 Å². The van der Waals surface area contributed by atoms with E-state index >= 15 is 0 Å². The van der Waals surface area contributed by atoms with Crippen LogP contribution in [0, 0.1) is 5.92 Å². The highest BCUT2D eigenvalue weighted by atomic mass is 19.1. The minimum absolute atomic E-state index is 0.0160. The highest BCUT2D eigenvalue weighted by molar-refractivity contribution is 5.89. The van der Waals surface area contributed by atoms with E-state index < -0.39 is 17.9 Å². The van der Waals surface area contributed by atoms with Gasteiger partial charge in [-0.3, -0.25) is 0 Å². The summed E-state index contributed by atoms with van der Waals surface area (Å²) in [5, 5.41) is 0. The van der Waals surface area contributed by atoms with Crippen LogP contribution in [0.2, 0.25) is 0 Å². The molecule has 1 aliphatic rings. The van der Waals surface area contributed by atoms with Gasteiger partial charge in [-0.15, -0.1) is 0 Å². The van der Waals surface area contributed by atoms with Gasteiger partial charge in [0.15, 0.2) is 0 Å². The summed E-state index contributed by atoms with van der Waals surface area (Å²) in [6.45, 7) is 5.63. The Morgan fingerprint density at radius 3 is 2.35 bits per heavy atom. The zero-order valence-electron chi connectivity index (χ0n) is 18.7. The van der Waals surface area contributed by atoms with Crippen LogP contribution in [0.4, 0.5) is 4.39 Å².